The summed E-state index contributed by atoms with van der Waals surface area (Å²) in [5.41, 5.74) is 0.923. The summed E-state index contributed by atoms with van der Waals surface area (Å²) in [5, 5.41) is 2.96. The number of methoxy groups -OCH3 is 1. The monoisotopic (exact) mass is 263 g/mol. The van der Waals surface area contributed by atoms with Crippen LogP contribution in [0.15, 0.2) is 24.3 Å². The van der Waals surface area contributed by atoms with Gasteiger partial charge in [0.2, 0.25) is 5.91 Å². The number of benzene rings is 1. The van der Waals surface area contributed by atoms with Gasteiger partial charge in [-0.15, -0.1) is 0 Å². The summed E-state index contributed by atoms with van der Waals surface area (Å²) >= 11 is 0. The molecule has 1 heterocycles. The molecule has 104 valence electrons. The minimum atomic E-state index is 0.0448. The highest BCUT2D eigenvalue weighted by Crippen LogP contribution is 2.18. The Balaban J connectivity index is 1.74. The molecule has 1 aliphatic rings. The zero-order valence-electron chi connectivity index (χ0n) is 11.4. The Morgan fingerprint density at radius 2 is 2.32 bits per heavy atom. The lowest BCUT2D eigenvalue weighted by molar-refractivity contribution is -0.120. The van der Waals surface area contributed by atoms with Gasteiger partial charge in [0.15, 0.2) is 0 Å². The lowest BCUT2D eigenvalue weighted by Crippen LogP contribution is -2.27. The van der Waals surface area contributed by atoms with Crippen LogP contribution >= 0.6 is 0 Å². The molecule has 1 aromatic rings. The van der Waals surface area contributed by atoms with E-state index in [1.54, 1.807) is 7.11 Å². The van der Waals surface area contributed by atoms with Gasteiger partial charge in [0.05, 0.1) is 13.5 Å². The number of nitrogens with one attached hydrogen (secondary N) is 1. The van der Waals surface area contributed by atoms with Crippen molar-refractivity contribution in [2.75, 3.05) is 26.9 Å². The van der Waals surface area contributed by atoms with Crippen molar-refractivity contribution in [3.05, 3.63) is 29.8 Å². The molecule has 1 amide bonds. The molecule has 0 bridgehead atoms. The Kier molecular flexibility index (Phi) is 5.21. The third-order valence-corrected chi connectivity index (χ3v) is 3.44. The fourth-order valence-corrected chi connectivity index (χ4v) is 2.31. The Morgan fingerprint density at radius 1 is 1.47 bits per heavy atom. The van der Waals surface area contributed by atoms with Crippen molar-refractivity contribution < 1.29 is 14.3 Å². The van der Waals surface area contributed by atoms with E-state index in [2.05, 4.69) is 5.32 Å². The van der Waals surface area contributed by atoms with Gasteiger partial charge in [-0.05, 0) is 24.8 Å². The molecule has 1 aliphatic heterocycles. The van der Waals surface area contributed by atoms with E-state index in [9.17, 15) is 4.79 Å². The van der Waals surface area contributed by atoms with Crippen molar-refractivity contribution in [3.8, 4) is 5.75 Å². The normalized spacial score (nSPS) is 18.3. The van der Waals surface area contributed by atoms with Crippen molar-refractivity contribution >= 4 is 5.91 Å². The van der Waals surface area contributed by atoms with Crippen LogP contribution in [0.25, 0.3) is 0 Å². The van der Waals surface area contributed by atoms with Gasteiger partial charge >= 0.3 is 0 Å². The first-order valence-corrected chi connectivity index (χ1v) is 6.76. The Morgan fingerprint density at radius 3 is 3.05 bits per heavy atom. The molecule has 4 nitrogen and oxygen atoms in total. The van der Waals surface area contributed by atoms with Gasteiger partial charge in [0.1, 0.15) is 5.75 Å². The summed E-state index contributed by atoms with van der Waals surface area (Å²) in [4.78, 5) is 11.9. The molecule has 0 spiro atoms. The highest BCUT2D eigenvalue weighted by atomic mass is 16.5. The van der Waals surface area contributed by atoms with Crippen LogP contribution < -0.4 is 10.1 Å². The number of hydrogen-bond acceptors (Lipinski definition) is 3. The Bertz CT molecular complexity index is 414. The molecular weight excluding hydrogens is 242 g/mol. The number of carbonyl (C=O) groups excluding carboxylic acids is 1. The smallest absolute Gasteiger partial charge is 0.224 e. The molecule has 19 heavy (non-hydrogen) atoms. The van der Waals surface area contributed by atoms with E-state index >= 15 is 0 Å². The SMILES string of the molecule is COc1ccccc1CC(=O)NCC[C@@H]1CCOC1. The molecule has 1 aromatic carbocycles. The van der Waals surface area contributed by atoms with Gasteiger partial charge < -0.3 is 14.8 Å². The topological polar surface area (TPSA) is 47.6 Å². The predicted octanol–water partition coefficient (Wildman–Crippen LogP) is 1.78. The van der Waals surface area contributed by atoms with Gasteiger partial charge in [0, 0.05) is 25.3 Å². The first-order valence-electron chi connectivity index (χ1n) is 6.76. The maximum atomic E-state index is 11.9. The highest BCUT2D eigenvalue weighted by molar-refractivity contribution is 5.79. The van der Waals surface area contributed by atoms with Gasteiger partial charge in [0.25, 0.3) is 0 Å². The van der Waals surface area contributed by atoms with E-state index in [1.165, 1.54) is 0 Å². The van der Waals surface area contributed by atoms with E-state index in [4.69, 9.17) is 9.47 Å². The van der Waals surface area contributed by atoms with Crippen LogP contribution in [-0.4, -0.2) is 32.8 Å². The molecule has 0 unspecified atom stereocenters. The minimum Gasteiger partial charge on any atom is -0.496 e. The lowest BCUT2D eigenvalue weighted by atomic mass is 10.1. The average molecular weight is 263 g/mol. The van der Waals surface area contributed by atoms with Gasteiger partial charge in [-0.3, -0.25) is 4.79 Å². The van der Waals surface area contributed by atoms with Crippen molar-refractivity contribution in [1.29, 1.82) is 0 Å². The zero-order chi connectivity index (χ0) is 13.5. The quantitative estimate of drug-likeness (QED) is 0.851. The molecule has 2 rings (SSSR count). The van der Waals surface area contributed by atoms with E-state index < -0.39 is 0 Å². The second-order valence-electron chi connectivity index (χ2n) is 4.86. The second kappa shape index (κ2) is 7.14. The Labute approximate surface area is 114 Å². The van der Waals surface area contributed by atoms with Crippen LogP contribution in [0.2, 0.25) is 0 Å². The minimum absolute atomic E-state index is 0.0448. The summed E-state index contributed by atoms with van der Waals surface area (Å²) in [6.45, 7) is 2.42. The van der Waals surface area contributed by atoms with Crippen LogP contribution in [0.4, 0.5) is 0 Å². The molecular formula is C15H21NO3. The maximum absolute atomic E-state index is 11.9. The third-order valence-electron chi connectivity index (χ3n) is 3.44. The molecule has 1 saturated heterocycles. The molecule has 0 saturated carbocycles. The predicted molar refractivity (Wildman–Crippen MR) is 73.3 cm³/mol. The standard InChI is InChI=1S/C15H21NO3/c1-18-14-5-3-2-4-13(14)10-15(17)16-8-6-12-7-9-19-11-12/h2-5,12H,6-11H2,1H3,(H,16,17)/t12-/m1/s1. The van der Waals surface area contributed by atoms with Crippen molar-refractivity contribution in [2.24, 2.45) is 5.92 Å². The fraction of sp³-hybridized carbons (Fsp3) is 0.533. The first-order chi connectivity index (χ1) is 9.29. The molecule has 1 N–H and O–H groups in total. The first kappa shape index (κ1) is 13.9. The van der Waals surface area contributed by atoms with Crippen LogP contribution in [0.3, 0.4) is 0 Å². The summed E-state index contributed by atoms with van der Waals surface area (Å²) in [6.07, 6.45) is 2.48. The second-order valence-corrected chi connectivity index (χ2v) is 4.86. The summed E-state index contributed by atoms with van der Waals surface area (Å²) in [6, 6.07) is 7.61. The molecule has 0 radical (unpaired) electrons. The number of para-hydroxylation sites is 1. The van der Waals surface area contributed by atoms with E-state index in [0.29, 0.717) is 12.3 Å². The summed E-state index contributed by atoms with van der Waals surface area (Å²) in [5.74, 6) is 1.41. The van der Waals surface area contributed by atoms with Crippen molar-refractivity contribution in [3.63, 3.8) is 0 Å². The van der Waals surface area contributed by atoms with Gasteiger partial charge in [-0.2, -0.15) is 0 Å². The van der Waals surface area contributed by atoms with Gasteiger partial charge in [-0.25, -0.2) is 0 Å². The largest absolute Gasteiger partial charge is 0.496 e. The maximum Gasteiger partial charge on any atom is 0.224 e. The number of ether oxygens (including phenoxy) is 2. The summed E-state index contributed by atoms with van der Waals surface area (Å²) in [7, 11) is 1.62. The van der Waals surface area contributed by atoms with Crippen LogP contribution in [0, 0.1) is 5.92 Å². The molecule has 0 aliphatic carbocycles. The number of amides is 1. The summed E-state index contributed by atoms with van der Waals surface area (Å²) < 4.78 is 10.5. The zero-order valence-corrected chi connectivity index (χ0v) is 11.4. The fourth-order valence-electron chi connectivity index (χ4n) is 2.31. The van der Waals surface area contributed by atoms with Gasteiger partial charge in [-0.1, -0.05) is 18.2 Å². The van der Waals surface area contributed by atoms with Crippen LogP contribution in [0.1, 0.15) is 18.4 Å². The van der Waals surface area contributed by atoms with Crippen molar-refractivity contribution in [1.82, 2.24) is 5.32 Å². The van der Waals surface area contributed by atoms with Crippen LogP contribution in [-0.2, 0) is 16.0 Å². The third kappa shape index (κ3) is 4.24. The van der Waals surface area contributed by atoms with Crippen LogP contribution in [0.5, 0.6) is 5.75 Å². The number of rotatable bonds is 6. The highest BCUT2D eigenvalue weighted by Gasteiger charge is 2.15. The average Bonchev–Trinajstić information content (AvgIpc) is 2.92. The lowest BCUT2D eigenvalue weighted by Gasteiger charge is -2.10. The van der Waals surface area contributed by atoms with E-state index in [1.807, 2.05) is 24.3 Å². The Hall–Kier alpha value is -1.55. The molecule has 0 aromatic heterocycles. The molecule has 1 atom stereocenters. The number of hydrogen-bond donors (Lipinski definition) is 1. The van der Waals surface area contributed by atoms with E-state index in [-0.39, 0.29) is 5.91 Å². The number of carbonyl (C=O) groups is 1. The molecule has 4 heteroatoms. The van der Waals surface area contributed by atoms with Crippen molar-refractivity contribution in [2.45, 2.75) is 19.3 Å². The van der Waals surface area contributed by atoms with E-state index in [0.717, 1.165) is 43.9 Å². The molecule has 1 fully saturated rings.